The number of carbonyl (C=O) groups is 1. The average Bonchev–Trinajstić information content (AvgIpc) is 2.78. The molecule has 1 saturated heterocycles. The lowest BCUT2D eigenvalue weighted by Gasteiger charge is -2.34. The molecule has 31 heavy (non-hydrogen) atoms. The van der Waals surface area contributed by atoms with Crippen molar-refractivity contribution >= 4 is 22.8 Å². The van der Waals surface area contributed by atoms with E-state index in [9.17, 15) is 4.79 Å². The predicted octanol–water partition coefficient (Wildman–Crippen LogP) is 4.13. The third-order valence-corrected chi connectivity index (χ3v) is 6.01. The second kappa shape index (κ2) is 8.92. The number of hydrogen-bond acceptors (Lipinski definition) is 5. The van der Waals surface area contributed by atoms with E-state index in [2.05, 4.69) is 30.0 Å². The predicted molar refractivity (Wildman–Crippen MR) is 123 cm³/mol. The molecule has 2 heterocycles. The Kier molecular flexibility index (Phi) is 6.07. The molecular weight excluding hydrogens is 388 g/mol. The molecule has 1 fully saturated rings. The number of methoxy groups -OCH3 is 1. The van der Waals surface area contributed by atoms with Crippen LogP contribution in [0.5, 0.6) is 5.75 Å². The Balaban J connectivity index is 1.49. The summed E-state index contributed by atoms with van der Waals surface area (Å²) in [4.78, 5) is 26.7. The fraction of sp³-hybridized carbons (Fsp3) is 0.400. The molecule has 1 aromatic heterocycles. The molecule has 4 rings (SSSR count). The Morgan fingerprint density at radius 1 is 1.19 bits per heavy atom. The Labute approximate surface area is 183 Å². The standard InChI is InChI=1S/C25H30N4O2/c1-17-10-11-22-18(2)26-25(27-23(22)13-17)29-12-6-8-20(16-29)24(30)28(3)15-19-7-5-9-21(14-19)31-4/h5,7,9-11,13-14,20H,6,8,12,15-16H2,1-4H3. The summed E-state index contributed by atoms with van der Waals surface area (Å²) in [7, 11) is 3.53. The van der Waals surface area contributed by atoms with Gasteiger partial charge < -0.3 is 14.5 Å². The Hall–Kier alpha value is -3.15. The smallest absolute Gasteiger partial charge is 0.227 e. The first kappa shape index (κ1) is 21.1. The molecule has 0 saturated carbocycles. The minimum Gasteiger partial charge on any atom is -0.497 e. The highest BCUT2D eigenvalue weighted by atomic mass is 16.5. The zero-order valence-electron chi connectivity index (χ0n) is 18.8. The van der Waals surface area contributed by atoms with Gasteiger partial charge in [-0.2, -0.15) is 0 Å². The number of nitrogens with zero attached hydrogens (tertiary/aromatic N) is 4. The molecule has 1 amide bonds. The molecule has 6 nitrogen and oxygen atoms in total. The van der Waals surface area contributed by atoms with Crippen LogP contribution in [-0.2, 0) is 11.3 Å². The summed E-state index contributed by atoms with van der Waals surface area (Å²) in [6.07, 6.45) is 1.85. The van der Waals surface area contributed by atoms with Crippen LogP contribution in [0.25, 0.3) is 10.9 Å². The molecule has 2 aromatic carbocycles. The summed E-state index contributed by atoms with van der Waals surface area (Å²) in [5.74, 6) is 1.65. The molecule has 162 valence electrons. The summed E-state index contributed by atoms with van der Waals surface area (Å²) in [6, 6.07) is 14.1. The van der Waals surface area contributed by atoms with Gasteiger partial charge in [-0.3, -0.25) is 4.79 Å². The maximum absolute atomic E-state index is 13.2. The van der Waals surface area contributed by atoms with Crippen molar-refractivity contribution < 1.29 is 9.53 Å². The number of ether oxygens (including phenoxy) is 1. The van der Waals surface area contributed by atoms with E-state index in [1.807, 2.05) is 43.1 Å². The van der Waals surface area contributed by atoms with Gasteiger partial charge in [0.25, 0.3) is 0 Å². The van der Waals surface area contributed by atoms with E-state index >= 15 is 0 Å². The van der Waals surface area contributed by atoms with Crippen molar-refractivity contribution in [3.63, 3.8) is 0 Å². The molecule has 3 aromatic rings. The first-order valence-corrected chi connectivity index (χ1v) is 10.8. The molecule has 1 unspecified atom stereocenters. The van der Waals surface area contributed by atoms with Gasteiger partial charge in [-0.05, 0) is 56.0 Å². The second-order valence-corrected chi connectivity index (χ2v) is 8.46. The van der Waals surface area contributed by atoms with Gasteiger partial charge in [0.1, 0.15) is 5.75 Å². The van der Waals surface area contributed by atoms with Gasteiger partial charge in [0.15, 0.2) is 0 Å². The summed E-state index contributed by atoms with van der Waals surface area (Å²) < 4.78 is 5.30. The monoisotopic (exact) mass is 418 g/mol. The van der Waals surface area contributed by atoms with Gasteiger partial charge in [-0.15, -0.1) is 0 Å². The number of aromatic nitrogens is 2. The van der Waals surface area contributed by atoms with E-state index in [0.717, 1.165) is 53.2 Å². The van der Waals surface area contributed by atoms with E-state index < -0.39 is 0 Å². The zero-order chi connectivity index (χ0) is 22.0. The minimum absolute atomic E-state index is 0.0542. The van der Waals surface area contributed by atoms with E-state index in [4.69, 9.17) is 14.7 Å². The fourth-order valence-electron chi connectivity index (χ4n) is 4.32. The largest absolute Gasteiger partial charge is 0.497 e. The van der Waals surface area contributed by atoms with Crippen LogP contribution >= 0.6 is 0 Å². The Morgan fingerprint density at radius 2 is 2.03 bits per heavy atom. The van der Waals surface area contributed by atoms with Gasteiger partial charge in [-0.25, -0.2) is 9.97 Å². The maximum Gasteiger partial charge on any atom is 0.227 e. The number of amides is 1. The molecular formula is C25H30N4O2. The highest BCUT2D eigenvalue weighted by molar-refractivity contribution is 5.83. The van der Waals surface area contributed by atoms with E-state index in [-0.39, 0.29) is 11.8 Å². The van der Waals surface area contributed by atoms with Gasteiger partial charge in [0, 0.05) is 32.1 Å². The fourth-order valence-corrected chi connectivity index (χ4v) is 4.32. The number of carbonyl (C=O) groups excluding carboxylic acids is 1. The number of aryl methyl sites for hydroxylation is 2. The topological polar surface area (TPSA) is 58.6 Å². The summed E-state index contributed by atoms with van der Waals surface area (Å²) >= 11 is 0. The van der Waals surface area contributed by atoms with Crippen LogP contribution < -0.4 is 9.64 Å². The zero-order valence-corrected chi connectivity index (χ0v) is 18.8. The van der Waals surface area contributed by atoms with Crippen molar-refractivity contribution in [2.24, 2.45) is 5.92 Å². The van der Waals surface area contributed by atoms with Crippen molar-refractivity contribution in [2.45, 2.75) is 33.2 Å². The maximum atomic E-state index is 13.2. The lowest BCUT2D eigenvalue weighted by atomic mass is 9.96. The van der Waals surface area contributed by atoms with Crippen molar-refractivity contribution in [3.8, 4) is 5.75 Å². The van der Waals surface area contributed by atoms with Gasteiger partial charge in [-0.1, -0.05) is 24.3 Å². The average molecular weight is 419 g/mol. The lowest BCUT2D eigenvalue weighted by Crippen LogP contribution is -2.44. The SMILES string of the molecule is COc1cccc(CN(C)C(=O)C2CCCN(c3nc(C)c4ccc(C)cc4n3)C2)c1. The third kappa shape index (κ3) is 4.63. The van der Waals surface area contributed by atoms with E-state index in [0.29, 0.717) is 13.1 Å². The molecule has 0 aliphatic carbocycles. The highest BCUT2D eigenvalue weighted by Gasteiger charge is 2.29. The molecule has 0 spiro atoms. The van der Waals surface area contributed by atoms with Crippen molar-refractivity contribution in [3.05, 3.63) is 59.3 Å². The summed E-state index contributed by atoms with van der Waals surface area (Å²) in [5, 5.41) is 1.08. The summed E-state index contributed by atoms with van der Waals surface area (Å²) in [6.45, 7) is 6.19. The number of hydrogen-bond donors (Lipinski definition) is 0. The molecule has 0 N–H and O–H groups in total. The lowest BCUT2D eigenvalue weighted by molar-refractivity contribution is -0.135. The molecule has 6 heteroatoms. The van der Waals surface area contributed by atoms with Gasteiger partial charge >= 0.3 is 0 Å². The van der Waals surface area contributed by atoms with Crippen molar-refractivity contribution in [1.82, 2.24) is 14.9 Å². The van der Waals surface area contributed by atoms with Crippen molar-refractivity contribution in [2.75, 3.05) is 32.1 Å². The van der Waals surface area contributed by atoms with Crippen LogP contribution in [0.15, 0.2) is 42.5 Å². The van der Waals surface area contributed by atoms with E-state index in [1.54, 1.807) is 7.11 Å². The van der Waals surface area contributed by atoms with Crippen LogP contribution in [0.3, 0.4) is 0 Å². The number of benzene rings is 2. The first-order valence-electron chi connectivity index (χ1n) is 10.8. The van der Waals surface area contributed by atoms with Crippen LogP contribution in [0, 0.1) is 19.8 Å². The molecule has 1 atom stereocenters. The molecule has 1 aliphatic heterocycles. The Bertz CT molecular complexity index is 1100. The quantitative estimate of drug-likeness (QED) is 0.624. The van der Waals surface area contributed by atoms with Crippen LogP contribution in [0.2, 0.25) is 0 Å². The van der Waals surface area contributed by atoms with E-state index in [1.165, 1.54) is 5.56 Å². The number of piperidine rings is 1. The van der Waals surface area contributed by atoms with Crippen LogP contribution in [0.1, 0.15) is 29.7 Å². The molecule has 0 radical (unpaired) electrons. The molecule has 0 bridgehead atoms. The molecule has 1 aliphatic rings. The van der Waals surface area contributed by atoms with Crippen LogP contribution in [0.4, 0.5) is 5.95 Å². The number of rotatable bonds is 5. The normalized spacial score (nSPS) is 16.4. The third-order valence-electron chi connectivity index (χ3n) is 6.01. The minimum atomic E-state index is -0.0542. The number of anilines is 1. The van der Waals surface area contributed by atoms with Crippen LogP contribution in [-0.4, -0.2) is 48.0 Å². The number of fused-ring (bicyclic) bond motifs is 1. The van der Waals surface area contributed by atoms with Gasteiger partial charge in [0.05, 0.1) is 24.2 Å². The Morgan fingerprint density at radius 3 is 2.84 bits per heavy atom. The van der Waals surface area contributed by atoms with Crippen molar-refractivity contribution in [1.29, 1.82) is 0 Å². The highest BCUT2D eigenvalue weighted by Crippen LogP contribution is 2.26. The van der Waals surface area contributed by atoms with Gasteiger partial charge in [0.2, 0.25) is 11.9 Å². The summed E-state index contributed by atoms with van der Waals surface area (Å²) in [5.41, 5.74) is 4.18. The first-order chi connectivity index (χ1) is 14.9. The second-order valence-electron chi connectivity index (χ2n) is 8.46.